The van der Waals surface area contributed by atoms with E-state index in [-0.39, 0.29) is 24.0 Å². The van der Waals surface area contributed by atoms with Gasteiger partial charge in [-0.05, 0) is 30.7 Å². The molecule has 0 spiro atoms. The highest BCUT2D eigenvalue weighted by Crippen LogP contribution is 2.13. The summed E-state index contributed by atoms with van der Waals surface area (Å²) in [5, 5.41) is 10.1. The summed E-state index contributed by atoms with van der Waals surface area (Å²) in [6, 6.07) is 5.50. The predicted molar refractivity (Wildman–Crippen MR) is 93.0 cm³/mol. The largest absolute Gasteiger partial charge is 0.334 e. The normalized spacial score (nSPS) is 18.2. The van der Waals surface area contributed by atoms with Gasteiger partial charge in [-0.3, -0.25) is 9.59 Å². The summed E-state index contributed by atoms with van der Waals surface area (Å²) in [6.07, 6.45) is 0.378. The summed E-state index contributed by atoms with van der Waals surface area (Å²) >= 11 is 0. The summed E-state index contributed by atoms with van der Waals surface area (Å²) in [5.41, 5.74) is 1.12. The van der Waals surface area contributed by atoms with Crippen LogP contribution in [-0.4, -0.2) is 50.4 Å². The summed E-state index contributed by atoms with van der Waals surface area (Å²) in [4.78, 5) is 34.4. The molecule has 1 saturated heterocycles. The molecule has 136 valence electrons. The number of sulfone groups is 1. The van der Waals surface area contributed by atoms with Crippen LogP contribution >= 0.6 is 0 Å². The molecule has 4 amide bonds. The second-order valence-electron chi connectivity index (χ2n) is 5.73. The second-order valence-corrected chi connectivity index (χ2v) is 7.96. The van der Waals surface area contributed by atoms with Crippen LogP contribution in [0.1, 0.15) is 13.3 Å². The molecule has 2 rings (SSSR count). The van der Waals surface area contributed by atoms with Crippen LogP contribution in [0, 0.1) is 0 Å². The predicted octanol–water partition coefficient (Wildman–Crippen LogP) is 0.0698. The van der Waals surface area contributed by atoms with Crippen molar-refractivity contribution >= 4 is 39.1 Å². The lowest BCUT2D eigenvalue weighted by Crippen LogP contribution is -2.45. The highest BCUT2D eigenvalue weighted by molar-refractivity contribution is 7.91. The molecule has 4 N–H and O–H groups in total. The average molecular weight is 368 g/mol. The van der Waals surface area contributed by atoms with Crippen molar-refractivity contribution in [1.82, 2.24) is 10.6 Å². The average Bonchev–Trinajstić information content (AvgIpc) is 2.85. The Morgan fingerprint density at radius 2 is 1.68 bits per heavy atom. The highest BCUT2D eigenvalue weighted by Gasteiger charge is 2.28. The zero-order valence-electron chi connectivity index (χ0n) is 13.7. The van der Waals surface area contributed by atoms with Gasteiger partial charge >= 0.3 is 6.03 Å². The zero-order valence-corrected chi connectivity index (χ0v) is 14.5. The molecule has 9 nitrogen and oxygen atoms in total. The van der Waals surface area contributed by atoms with Crippen molar-refractivity contribution in [1.29, 1.82) is 0 Å². The Bertz CT molecular complexity index is 761. The number of amides is 4. The number of urea groups is 1. The van der Waals surface area contributed by atoms with E-state index in [1.54, 1.807) is 24.3 Å². The molecular weight excluding hydrogens is 348 g/mol. The van der Waals surface area contributed by atoms with Crippen molar-refractivity contribution in [3.05, 3.63) is 24.3 Å². The van der Waals surface area contributed by atoms with Crippen molar-refractivity contribution in [2.75, 3.05) is 28.7 Å². The van der Waals surface area contributed by atoms with Crippen molar-refractivity contribution < 1.29 is 22.8 Å². The Kier molecular flexibility index (Phi) is 5.97. The van der Waals surface area contributed by atoms with E-state index in [0.29, 0.717) is 17.8 Å². The topological polar surface area (TPSA) is 133 Å². The van der Waals surface area contributed by atoms with Crippen LogP contribution in [0.3, 0.4) is 0 Å². The number of rotatable bonds is 5. The standard InChI is InChI=1S/C15H20N4O5S/c1-10(20)17-11-2-4-12(5-3-11)18-14(21)8-16-15(22)19-13-6-7-25(23,24)9-13/h2-5,13H,6-9H2,1H3,(H,17,20)(H,18,21)(H2,16,19,22)/t13-/m1/s1. The number of nitrogens with one attached hydrogen (secondary N) is 4. The molecule has 0 unspecified atom stereocenters. The lowest BCUT2D eigenvalue weighted by Gasteiger charge is -2.12. The molecular formula is C15H20N4O5S. The third kappa shape index (κ3) is 6.42. The van der Waals surface area contributed by atoms with Gasteiger partial charge in [0.05, 0.1) is 18.1 Å². The molecule has 1 aliphatic heterocycles. The fourth-order valence-electron chi connectivity index (χ4n) is 2.35. The fraction of sp³-hybridized carbons (Fsp3) is 0.400. The van der Waals surface area contributed by atoms with Gasteiger partial charge in [0.15, 0.2) is 9.84 Å². The SMILES string of the molecule is CC(=O)Nc1ccc(NC(=O)CNC(=O)N[C@@H]2CCS(=O)(=O)C2)cc1. The molecule has 0 aromatic heterocycles. The van der Waals surface area contributed by atoms with Crippen LogP contribution in [0.15, 0.2) is 24.3 Å². The van der Waals surface area contributed by atoms with Gasteiger partial charge in [0.2, 0.25) is 11.8 Å². The van der Waals surface area contributed by atoms with Crippen LogP contribution in [-0.2, 0) is 19.4 Å². The summed E-state index contributed by atoms with van der Waals surface area (Å²) in [6.45, 7) is 1.14. The lowest BCUT2D eigenvalue weighted by atomic mass is 10.2. The van der Waals surface area contributed by atoms with Crippen LogP contribution < -0.4 is 21.3 Å². The molecule has 1 heterocycles. The molecule has 1 aromatic carbocycles. The van der Waals surface area contributed by atoms with Gasteiger partial charge in [-0.25, -0.2) is 13.2 Å². The van der Waals surface area contributed by atoms with E-state index in [4.69, 9.17) is 0 Å². The molecule has 0 bridgehead atoms. The van der Waals surface area contributed by atoms with Gasteiger partial charge in [0.25, 0.3) is 0 Å². The Morgan fingerprint density at radius 3 is 2.20 bits per heavy atom. The fourth-order valence-corrected chi connectivity index (χ4v) is 4.02. The van der Waals surface area contributed by atoms with Gasteiger partial charge in [-0.15, -0.1) is 0 Å². The van der Waals surface area contributed by atoms with Gasteiger partial charge < -0.3 is 21.3 Å². The van der Waals surface area contributed by atoms with Gasteiger partial charge in [-0.1, -0.05) is 0 Å². The van der Waals surface area contributed by atoms with E-state index in [0.717, 1.165) is 0 Å². The number of hydrogen-bond donors (Lipinski definition) is 4. The van der Waals surface area contributed by atoms with Crippen LogP contribution in [0.4, 0.5) is 16.2 Å². The van der Waals surface area contributed by atoms with Gasteiger partial charge in [0, 0.05) is 24.3 Å². The maximum atomic E-state index is 11.8. The second kappa shape index (κ2) is 7.97. The van der Waals surface area contributed by atoms with E-state index in [1.807, 2.05) is 0 Å². The Labute approximate surface area is 145 Å². The zero-order chi connectivity index (χ0) is 18.4. The first-order valence-electron chi connectivity index (χ1n) is 7.66. The minimum absolute atomic E-state index is 0.0624. The number of carbonyl (C=O) groups excluding carboxylic acids is 3. The minimum Gasteiger partial charge on any atom is -0.334 e. The maximum absolute atomic E-state index is 11.8. The number of anilines is 2. The molecule has 10 heteroatoms. The first-order chi connectivity index (χ1) is 11.7. The number of carbonyl (C=O) groups is 3. The lowest BCUT2D eigenvalue weighted by molar-refractivity contribution is -0.115. The summed E-state index contributed by atoms with van der Waals surface area (Å²) < 4.78 is 22.6. The molecule has 1 fully saturated rings. The summed E-state index contributed by atoms with van der Waals surface area (Å²) in [5.74, 6) is -0.635. The smallest absolute Gasteiger partial charge is 0.315 e. The Hall–Kier alpha value is -2.62. The molecule has 1 aromatic rings. The quantitative estimate of drug-likeness (QED) is 0.584. The van der Waals surface area contributed by atoms with Crippen LogP contribution in [0.25, 0.3) is 0 Å². The molecule has 1 atom stereocenters. The molecule has 0 radical (unpaired) electrons. The third-order valence-electron chi connectivity index (χ3n) is 3.47. The van der Waals surface area contributed by atoms with E-state index in [2.05, 4.69) is 21.3 Å². The Morgan fingerprint density at radius 1 is 1.08 bits per heavy atom. The first-order valence-corrected chi connectivity index (χ1v) is 9.48. The van der Waals surface area contributed by atoms with Gasteiger partial charge in [-0.2, -0.15) is 0 Å². The van der Waals surface area contributed by atoms with E-state index in [9.17, 15) is 22.8 Å². The van der Waals surface area contributed by atoms with Gasteiger partial charge in [0.1, 0.15) is 0 Å². The molecule has 25 heavy (non-hydrogen) atoms. The molecule has 0 saturated carbocycles. The van der Waals surface area contributed by atoms with Crippen molar-refractivity contribution in [2.45, 2.75) is 19.4 Å². The molecule has 0 aliphatic carbocycles. The van der Waals surface area contributed by atoms with Crippen molar-refractivity contribution in [3.8, 4) is 0 Å². The van der Waals surface area contributed by atoms with Crippen LogP contribution in [0.5, 0.6) is 0 Å². The first kappa shape index (κ1) is 18.7. The van der Waals surface area contributed by atoms with E-state index < -0.39 is 27.8 Å². The third-order valence-corrected chi connectivity index (χ3v) is 5.23. The monoisotopic (exact) mass is 368 g/mol. The molecule has 1 aliphatic rings. The number of benzene rings is 1. The van der Waals surface area contributed by atoms with Crippen LogP contribution in [0.2, 0.25) is 0 Å². The van der Waals surface area contributed by atoms with Crippen molar-refractivity contribution in [2.24, 2.45) is 0 Å². The maximum Gasteiger partial charge on any atom is 0.315 e. The van der Waals surface area contributed by atoms with E-state index >= 15 is 0 Å². The summed E-state index contributed by atoms with van der Waals surface area (Å²) in [7, 11) is -3.07. The minimum atomic E-state index is -3.07. The number of hydrogen-bond acceptors (Lipinski definition) is 5. The van der Waals surface area contributed by atoms with E-state index in [1.165, 1.54) is 6.92 Å². The van der Waals surface area contributed by atoms with Crippen molar-refractivity contribution in [3.63, 3.8) is 0 Å². The Balaban J connectivity index is 1.73. The highest BCUT2D eigenvalue weighted by atomic mass is 32.2.